The summed E-state index contributed by atoms with van der Waals surface area (Å²) in [7, 11) is 0. The number of benzene rings is 1. The first-order chi connectivity index (χ1) is 12.1. The van der Waals surface area contributed by atoms with E-state index in [1.165, 1.54) is 11.8 Å². The summed E-state index contributed by atoms with van der Waals surface area (Å²) >= 11 is 0. The van der Waals surface area contributed by atoms with Crippen molar-refractivity contribution in [2.45, 2.75) is 26.9 Å². The van der Waals surface area contributed by atoms with Crippen molar-refractivity contribution in [3.8, 4) is 0 Å². The van der Waals surface area contributed by atoms with E-state index < -0.39 is 11.8 Å². The van der Waals surface area contributed by atoms with E-state index in [2.05, 4.69) is 46.5 Å². The van der Waals surface area contributed by atoms with Gasteiger partial charge in [0.05, 0.1) is 11.9 Å². The number of rotatable bonds is 7. The van der Waals surface area contributed by atoms with Crippen LogP contribution in [0.3, 0.4) is 0 Å². The third-order valence-electron chi connectivity index (χ3n) is 3.90. The summed E-state index contributed by atoms with van der Waals surface area (Å²) in [6.45, 7) is 7.53. The van der Waals surface area contributed by atoms with Crippen molar-refractivity contribution in [1.82, 2.24) is 15.2 Å². The summed E-state index contributed by atoms with van der Waals surface area (Å²) in [5.41, 5.74) is 2.67. The van der Waals surface area contributed by atoms with Crippen LogP contribution >= 0.6 is 0 Å². The number of aromatic nitrogens is 1. The van der Waals surface area contributed by atoms with Gasteiger partial charge in [-0.1, -0.05) is 38.1 Å². The third kappa shape index (κ3) is 6.00. The van der Waals surface area contributed by atoms with Crippen molar-refractivity contribution < 1.29 is 9.59 Å². The Bertz CT molecular complexity index is 682. The SMILES string of the molecule is CCN(CC)Cc1ccc(CNC(=O)C(=O)Nc2cccnc2)cc1. The summed E-state index contributed by atoms with van der Waals surface area (Å²) in [5, 5.41) is 5.12. The molecule has 6 heteroatoms. The molecule has 2 amide bonds. The van der Waals surface area contributed by atoms with Gasteiger partial charge in [-0.15, -0.1) is 0 Å². The summed E-state index contributed by atoms with van der Waals surface area (Å²) in [4.78, 5) is 29.9. The van der Waals surface area contributed by atoms with E-state index in [1.54, 1.807) is 18.3 Å². The monoisotopic (exact) mass is 340 g/mol. The lowest BCUT2D eigenvalue weighted by Gasteiger charge is -2.18. The molecule has 6 nitrogen and oxygen atoms in total. The van der Waals surface area contributed by atoms with Crippen molar-refractivity contribution >= 4 is 17.5 Å². The molecule has 0 bridgehead atoms. The van der Waals surface area contributed by atoms with Crippen LogP contribution in [0.2, 0.25) is 0 Å². The molecule has 2 rings (SSSR count). The van der Waals surface area contributed by atoms with Crippen molar-refractivity contribution in [3.05, 3.63) is 59.9 Å². The minimum Gasteiger partial charge on any atom is -0.344 e. The van der Waals surface area contributed by atoms with E-state index >= 15 is 0 Å². The first-order valence-corrected chi connectivity index (χ1v) is 8.41. The second-order valence-corrected chi connectivity index (χ2v) is 5.66. The molecule has 0 atom stereocenters. The Hall–Kier alpha value is -2.73. The second-order valence-electron chi connectivity index (χ2n) is 5.66. The topological polar surface area (TPSA) is 74.3 Å². The van der Waals surface area contributed by atoms with E-state index in [1.807, 2.05) is 12.1 Å². The molecule has 0 saturated carbocycles. The zero-order chi connectivity index (χ0) is 18.1. The molecule has 0 aliphatic rings. The second kappa shape index (κ2) is 9.54. The molecular weight excluding hydrogens is 316 g/mol. The van der Waals surface area contributed by atoms with Gasteiger partial charge in [-0.2, -0.15) is 0 Å². The van der Waals surface area contributed by atoms with Crippen molar-refractivity contribution in [3.63, 3.8) is 0 Å². The zero-order valence-corrected chi connectivity index (χ0v) is 14.7. The maximum absolute atomic E-state index is 11.9. The average molecular weight is 340 g/mol. The Morgan fingerprint density at radius 2 is 1.68 bits per heavy atom. The number of hydrogen-bond acceptors (Lipinski definition) is 4. The minimum atomic E-state index is -0.703. The van der Waals surface area contributed by atoms with Crippen LogP contribution < -0.4 is 10.6 Å². The first-order valence-electron chi connectivity index (χ1n) is 8.41. The van der Waals surface area contributed by atoms with Crippen LogP contribution in [0.15, 0.2) is 48.8 Å². The summed E-state index contributed by atoms with van der Waals surface area (Å²) in [5.74, 6) is -1.37. The number of amides is 2. The maximum atomic E-state index is 11.9. The lowest BCUT2D eigenvalue weighted by Crippen LogP contribution is -2.34. The molecule has 0 fully saturated rings. The van der Waals surface area contributed by atoms with Crippen LogP contribution in [-0.2, 0) is 22.7 Å². The number of hydrogen-bond donors (Lipinski definition) is 2. The van der Waals surface area contributed by atoms with Crippen molar-refractivity contribution in [2.75, 3.05) is 18.4 Å². The van der Waals surface area contributed by atoms with E-state index in [9.17, 15) is 9.59 Å². The van der Waals surface area contributed by atoms with Gasteiger partial charge in [-0.05, 0) is 36.3 Å². The number of nitrogens with zero attached hydrogens (tertiary/aromatic N) is 2. The van der Waals surface area contributed by atoms with Gasteiger partial charge in [-0.25, -0.2) is 0 Å². The van der Waals surface area contributed by atoms with Gasteiger partial charge in [0.1, 0.15) is 0 Å². The highest BCUT2D eigenvalue weighted by Crippen LogP contribution is 2.08. The molecule has 0 saturated heterocycles. The van der Waals surface area contributed by atoms with E-state index in [-0.39, 0.29) is 0 Å². The molecule has 1 aromatic carbocycles. The summed E-state index contributed by atoms with van der Waals surface area (Å²) < 4.78 is 0. The fraction of sp³-hybridized carbons (Fsp3) is 0.316. The van der Waals surface area contributed by atoms with Crippen LogP contribution in [0.4, 0.5) is 5.69 Å². The predicted molar refractivity (Wildman–Crippen MR) is 97.8 cm³/mol. The van der Waals surface area contributed by atoms with Crippen LogP contribution in [-0.4, -0.2) is 34.8 Å². The minimum absolute atomic E-state index is 0.310. The van der Waals surface area contributed by atoms with Crippen molar-refractivity contribution in [1.29, 1.82) is 0 Å². The molecule has 1 aromatic heterocycles. The molecule has 0 unspecified atom stereocenters. The molecular formula is C19H24N4O2. The molecule has 132 valence electrons. The maximum Gasteiger partial charge on any atom is 0.313 e. The Kier molecular flexibility index (Phi) is 7.10. The van der Waals surface area contributed by atoms with Crippen molar-refractivity contribution in [2.24, 2.45) is 0 Å². The van der Waals surface area contributed by atoms with Gasteiger partial charge in [0.2, 0.25) is 0 Å². The molecule has 2 aromatic rings. The lowest BCUT2D eigenvalue weighted by molar-refractivity contribution is -0.136. The third-order valence-corrected chi connectivity index (χ3v) is 3.90. The lowest BCUT2D eigenvalue weighted by atomic mass is 10.1. The fourth-order valence-corrected chi connectivity index (χ4v) is 2.36. The standard InChI is InChI=1S/C19H24N4O2/c1-3-23(4-2)14-16-9-7-15(8-10-16)12-21-18(24)19(25)22-17-6-5-11-20-13-17/h5-11,13H,3-4,12,14H2,1-2H3,(H,21,24)(H,22,25). The molecule has 0 radical (unpaired) electrons. The summed E-state index contributed by atoms with van der Waals surface area (Å²) in [6, 6.07) is 11.4. The van der Waals surface area contributed by atoms with Crippen LogP contribution in [0.5, 0.6) is 0 Å². The quantitative estimate of drug-likeness (QED) is 0.758. The molecule has 0 aliphatic carbocycles. The van der Waals surface area contributed by atoms with Gasteiger partial charge in [-0.3, -0.25) is 19.5 Å². The largest absolute Gasteiger partial charge is 0.344 e. The van der Waals surface area contributed by atoms with Gasteiger partial charge in [0, 0.05) is 19.3 Å². The molecule has 25 heavy (non-hydrogen) atoms. The van der Waals surface area contributed by atoms with E-state index in [0.29, 0.717) is 12.2 Å². The van der Waals surface area contributed by atoms with Gasteiger partial charge in [0.15, 0.2) is 0 Å². The smallest absolute Gasteiger partial charge is 0.313 e. The predicted octanol–water partition coefficient (Wildman–Crippen LogP) is 2.18. The van der Waals surface area contributed by atoms with Crippen LogP contribution in [0.1, 0.15) is 25.0 Å². The Morgan fingerprint density at radius 1 is 1.00 bits per heavy atom. The molecule has 0 aliphatic heterocycles. The summed E-state index contributed by atoms with van der Waals surface area (Å²) in [6.07, 6.45) is 3.08. The van der Waals surface area contributed by atoms with E-state index in [0.717, 1.165) is 25.2 Å². The van der Waals surface area contributed by atoms with Gasteiger partial charge < -0.3 is 10.6 Å². The normalized spacial score (nSPS) is 10.5. The number of carbonyl (C=O) groups excluding carboxylic acids is 2. The molecule has 1 heterocycles. The molecule has 0 spiro atoms. The fourth-order valence-electron chi connectivity index (χ4n) is 2.36. The molecule has 2 N–H and O–H groups in total. The number of anilines is 1. The highest BCUT2D eigenvalue weighted by molar-refractivity contribution is 6.39. The van der Waals surface area contributed by atoms with E-state index in [4.69, 9.17) is 0 Å². The Balaban J connectivity index is 1.82. The Labute approximate surface area is 148 Å². The number of nitrogens with one attached hydrogen (secondary N) is 2. The van der Waals surface area contributed by atoms with Gasteiger partial charge in [0.25, 0.3) is 0 Å². The first kappa shape index (κ1) is 18.6. The zero-order valence-electron chi connectivity index (χ0n) is 14.7. The Morgan fingerprint density at radius 3 is 2.28 bits per heavy atom. The number of carbonyl (C=O) groups is 2. The highest BCUT2D eigenvalue weighted by atomic mass is 16.2. The van der Waals surface area contributed by atoms with Crippen LogP contribution in [0, 0.1) is 0 Å². The van der Waals surface area contributed by atoms with Gasteiger partial charge >= 0.3 is 11.8 Å². The highest BCUT2D eigenvalue weighted by Gasteiger charge is 2.13. The average Bonchev–Trinajstić information content (AvgIpc) is 2.65. The number of pyridine rings is 1. The van der Waals surface area contributed by atoms with Crippen LogP contribution in [0.25, 0.3) is 0 Å².